The molecular formula is C16H16O3-2. The fourth-order valence-corrected chi connectivity index (χ4v) is 1.70. The van der Waals surface area contributed by atoms with Gasteiger partial charge in [-0.2, -0.15) is 24.5 Å². The van der Waals surface area contributed by atoms with Gasteiger partial charge in [0.15, 0.2) is 0 Å². The summed E-state index contributed by atoms with van der Waals surface area (Å²) in [5.74, 6) is 1.77. The number of benzene rings is 1. The van der Waals surface area contributed by atoms with Gasteiger partial charge in [0, 0.05) is 11.8 Å². The molecule has 19 heavy (non-hydrogen) atoms. The molecule has 3 nitrogen and oxygen atoms in total. The standard InChI is InChI=1S/C16H16O3/c1-18-15-9-13(10-16(11-15)19-2)4-3-12-5-7-14(17)8-6-12/h3-11,17H,1-2H3/q-2. The number of aliphatic hydroxyl groups excluding tert-OH is 1. The van der Waals surface area contributed by atoms with Crippen molar-refractivity contribution >= 4 is 0 Å². The second-order valence-electron chi connectivity index (χ2n) is 4.07. The Morgan fingerprint density at radius 3 is 2.32 bits per heavy atom. The molecule has 0 amide bonds. The Kier molecular flexibility index (Phi) is 4.08. The van der Waals surface area contributed by atoms with Crippen molar-refractivity contribution in [2.24, 2.45) is 0 Å². The minimum absolute atomic E-state index is 0.264. The van der Waals surface area contributed by atoms with Crippen LogP contribution in [-0.4, -0.2) is 19.3 Å². The molecule has 0 fully saturated rings. The van der Waals surface area contributed by atoms with Crippen LogP contribution in [0, 0.1) is 12.8 Å². The monoisotopic (exact) mass is 256 g/mol. The molecule has 0 atom stereocenters. The molecule has 0 unspecified atom stereocenters. The SMILES string of the molecule is COc1cc([CH-]/C=C2\C=CC(O)=C[CH-]2)cc(OC)c1. The van der Waals surface area contributed by atoms with Gasteiger partial charge in [-0.1, -0.05) is 12.1 Å². The maximum Gasteiger partial charge on any atom is 0.0811 e. The highest BCUT2D eigenvalue weighted by Crippen LogP contribution is 2.24. The summed E-state index contributed by atoms with van der Waals surface area (Å²) >= 11 is 0. The topological polar surface area (TPSA) is 38.7 Å². The molecule has 0 aliphatic heterocycles. The zero-order valence-corrected chi connectivity index (χ0v) is 11.0. The van der Waals surface area contributed by atoms with E-state index in [-0.39, 0.29) is 5.76 Å². The minimum atomic E-state index is 0.264. The number of hydrogen-bond donors (Lipinski definition) is 1. The molecule has 0 radical (unpaired) electrons. The van der Waals surface area contributed by atoms with E-state index in [4.69, 9.17) is 9.47 Å². The summed E-state index contributed by atoms with van der Waals surface area (Å²) in [4.78, 5) is 0. The van der Waals surface area contributed by atoms with Crippen molar-refractivity contribution in [2.45, 2.75) is 0 Å². The smallest absolute Gasteiger partial charge is 0.0811 e. The highest BCUT2D eigenvalue weighted by atomic mass is 16.5. The molecule has 1 aliphatic carbocycles. The van der Waals surface area contributed by atoms with Gasteiger partial charge in [0.25, 0.3) is 0 Å². The molecule has 0 saturated carbocycles. The van der Waals surface area contributed by atoms with Crippen LogP contribution >= 0.6 is 0 Å². The first-order valence-corrected chi connectivity index (χ1v) is 5.91. The molecule has 1 aliphatic rings. The van der Waals surface area contributed by atoms with Crippen LogP contribution in [0.2, 0.25) is 0 Å². The normalized spacial score (nSPS) is 15.7. The molecule has 1 aromatic carbocycles. The Labute approximate surface area is 113 Å². The summed E-state index contributed by atoms with van der Waals surface area (Å²) in [7, 11) is 3.25. The van der Waals surface area contributed by atoms with Crippen molar-refractivity contribution in [2.75, 3.05) is 14.2 Å². The van der Waals surface area contributed by atoms with Crippen molar-refractivity contribution < 1.29 is 14.6 Å². The Bertz CT molecular complexity index is 517. The second kappa shape index (κ2) is 5.96. The van der Waals surface area contributed by atoms with E-state index >= 15 is 0 Å². The lowest BCUT2D eigenvalue weighted by Crippen LogP contribution is -1.91. The van der Waals surface area contributed by atoms with Crippen molar-refractivity contribution in [3.63, 3.8) is 0 Å². The average Bonchev–Trinajstić information content (AvgIpc) is 2.46. The van der Waals surface area contributed by atoms with Gasteiger partial charge >= 0.3 is 0 Å². The maximum atomic E-state index is 9.22. The van der Waals surface area contributed by atoms with Crippen LogP contribution in [0.4, 0.5) is 0 Å². The highest BCUT2D eigenvalue weighted by molar-refractivity contribution is 5.47. The third-order valence-electron chi connectivity index (χ3n) is 2.74. The number of allylic oxidation sites excluding steroid dienone is 5. The lowest BCUT2D eigenvalue weighted by atomic mass is 10.0. The summed E-state index contributed by atoms with van der Waals surface area (Å²) in [6, 6.07) is 5.69. The summed E-state index contributed by atoms with van der Waals surface area (Å²) < 4.78 is 10.4. The van der Waals surface area contributed by atoms with E-state index in [1.165, 1.54) is 0 Å². The molecule has 1 aromatic rings. The third-order valence-corrected chi connectivity index (χ3v) is 2.74. The van der Waals surface area contributed by atoms with Crippen molar-refractivity contribution in [3.8, 4) is 11.5 Å². The fraction of sp³-hybridized carbons (Fsp3) is 0.125. The third kappa shape index (κ3) is 3.52. The van der Waals surface area contributed by atoms with Crippen LogP contribution < -0.4 is 9.47 Å². The quantitative estimate of drug-likeness (QED) is 0.839. The maximum absolute atomic E-state index is 9.22. The van der Waals surface area contributed by atoms with E-state index in [9.17, 15) is 5.11 Å². The Morgan fingerprint density at radius 2 is 1.79 bits per heavy atom. The van der Waals surface area contributed by atoms with Crippen LogP contribution in [0.3, 0.4) is 0 Å². The molecule has 0 saturated heterocycles. The van der Waals surface area contributed by atoms with Gasteiger partial charge < -0.3 is 14.6 Å². The lowest BCUT2D eigenvalue weighted by Gasteiger charge is -2.19. The second-order valence-corrected chi connectivity index (χ2v) is 4.07. The van der Waals surface area contributed by atoms with E-state index in [0.29, 0.717) is 0 Å². The van der Waals surface area contributed by atoms with Crippen LogP contribution in [0.5, 0.6) is 11.5 Å². The zero-order valence-electron chi connectivity index (χ0n) is 11.0. The summed E-state index contributed by atoms with van der Waals surface area (Å²) in [5.41, 5.74) is 2.00. The van der Waals surface area contributed by atoms with Gasteiger partial charge in [0.1, 0.15) is 0 Å². The Hall–Kier alpha value is -2.42. The molecular weight excluding hydrogens is 240 g/mol. The van der Waals surface area contributed by atoms with Crippen LogP contribution in [0.15, 0.2) is 53.8 Å². The first-order valence-electron chi connectivity index (χ1n) is 5.91. The van der Waals surface area contributed by atoms with E-state index in [0.717, 1.165) is 22.6 Å². The molecule has 0 bridgehead atoms. The lowest BCUT2D eigenvalue weighted by molar-refractivity contribution is 0.394. The first kappa shape index (κ1) is 13.0. The average molecular weight is 256 g/mol. The summed E-state index contributed by atoms with van der Waals surface area (Å²) in [6.45, 7) is 0. The predicted molar refractivity (Wildman–Crippen MR) is 75.2 cm³/mol. The zero-order chi connectivity index (χ0) is 13.7. The molecule has 3 heteroatoms. The Morgan fingerprint density at radius 1 is 1.11 bits per heavy atom. The predicted octanol–water partition coefficient (Wildman–Crippen LogP) is 3.40. The number of hydrogen-bond acceptors (Lipinski definition) is 3. The fourth-order valence-electron chi connectivity index (χ4n) is 1.70. The van der Waals surface area contributed by atoms with Gasteiger partial charge in [-0.25, -0.2) is 11.6 Å². The highest BCUT2D eigenvalue weighted by Gasteiger charge is 1.94. The van der Waals surface area contributed by atoms with Crippen LogP contribution in [0.1, 0.15) is 5.56 Å². The molecule has 0 spiro atoms. The molecule has 2 rings (SSSR count). The first-order chi connectivity index (χ1) is 9.21. The number of aliphatic hydroxyl groups is 1. The van der Waals surface area contributed by atoms with Crippen molar-refractivity contribution in [1.82, 2.24) is 0 Å². The van der Waals surface area contributed by atoms with Crippen LogP contribution in [-0.2, 0) is 0 Å². The van der Waals surface area contributed by atoms with E-state index in [1.54, 1.807) is 26.4 Å². The van der Waals surface area contributed by atoms with Gasteiger partial charge in [0.05, 0.1) is 25.7 Å². The molecule has 1 N–H and O–H groups in total. The number of ether oxygens (including phenoxy) is 2. The minimum Gasteiger partial charge on any atom is -0.551 e. The number of rotatable bonds is 4. The van der Waals surface area contributed by atoms with Crippen molar-refractivity contribution in [3.05, 3.63) is 72.2 Å². The summed E-state index contributed by atoms with van der Waals surface area (Å²) in [6.07, 6.45) is 11.0. The Balaban J connectivity index is 2.11. The summed E-state index contributed by atoms with van der Waals surface area (Å²) in [5, 5.41) is 9.22. The van der Waals surface area contributed by atoms with Gasteiger partial charge in [-0.3, -0.25) is 0 Å². The van der Waals surface area contributed by atoms with E-state index in [2.05, 4.69) is 0 Å². The van der Waals surface area contributed by atoms with E-state index in [1.807, 2.05) is 43.2 Å². The largest absolute Gasteiger partial charge is 0.551 e. The van der Waals surface area contributed by atoms with Gasteiger partial charge in [0.2, 0.25) is 0 Å². The van der Waals surface area contributed by atoms with Crippen LogP contribution in [0.25, 0.3) is 0 Å². The molecule has 0 heterocycles. The van der Waals surface area contributed by atoms with E-state index < -0.39 is 0 Å². The van der Waals surface area contributed by atoms with Gasteiger partial charge in [-0.05, 0) is 0 Å². The van der Waals surface area contributed by atoms with Crippen molar-refractivity contribution in [1.29, 1.82) is 0 Å². The molecule has 0 aromatic heterocycles. The molecule has 100 valence electrons. The number of methoxy groups -OCH3 is 2. The van der Waals surface area contributed by atoms with Gasteiger partial charge in [-0.15, -0.1) is 12.2 Å².